The summed E-state index contributed by atoms with van der Waals surface area (Å²) in [6, 6.07) is 3.16. The fourth-order valence-corrected chi connectivity index (χ4v) is 3.51. The Bertz CT molecular complexity index is 600. The first-order chi connectivity index (χ1) is 9.51. The Kier molecular flexibility index (Phi) is 5.40. The number of alkyl halides is 3. The molecule has 0 aromatic heterocycles. The lowest BCUT2D eigenvalue weighted by molar-refractivity contribution is -0.138. The third-order valence-corrected chi connectivity index (χ3v) is 5.22. The maximum atomic E-state index is 12.9. The molecule has 0 heterocycles. The molecule has 1 unspecified atom stereocenters. The van der Waals surface area contributed by atoms with Crippen molar-refractivity contribution < 1.29 is 21.6 Å². The van der Waals surface area contributed by atoms with Gasteiger partial charge in [0, 0.05) is 13.6 Å². The molecule has 0 aliphatic carbocycles. The molecule has 0 fully saturated rings. The van der Waals surface area contributed by atoms with Crippen LogP contribution in [0.3, 0.4) is 0 Å². The molecule has 0 bridgehead atoms. The topological polar surface area (TPSA) is 63.4 Å². The zero-order chi connectivity index (χ0) is 16.4. The van der Waals surface area contributed by atoms with Gasteiger partial charge in [-0.15, -0.1) is 0 Å². The number of rotatable bonds is 5. The van der Waals surface area contributed by atoms with Crippen LogP contribution in [-0.4, -0.2) is 32.9 Å². The van der Waals surface area contributed by atoms with Gasteiger partial charge < -0.3 is 5.73 Å². The van der Waals surface area contributed by atoms with Gasteiger partial charge in [-0.2, -0.15) is 13.2 Å². The minimum Gasteiger partial charge on any atom is -0.330 e. The smallest absolute Gasteiger partial charge is 0.330 e. The van der Waals surface area contributed by atoms with Crippen LogP contribution in [0.2, 0.25) is 0 Å². The fourth-order valence-electron chi connectivity index (χ4n) is 1.98. The molecule has 1 rings (SSSR count). The highest BCUT2D eigenvalue weighted by molar-refractivity contribution is 7.89. The summed E-state index contributed by atoms with van der Waals surface area (Å²) < 4.78 is 64.4. The second-order valence-electron chi connectivity index (χ2n) is 5.05. The van der Waals surface area contributed by atoms with Gasteiger partial charge >= 0.3 is 6.18 Å². The Hall–Kier alpha value is -1.12. The molecule has 1 atom stereocenters. The lowest BCUT2D eigenvalue weighted by atomic mass is 10.1. The molecular weight excluding hydrogens is 305 g/mol. The molecule has 0 saturated carbocycles. The molecule has 120 valence electrons. The Morgan fingerprint density at radius 1 is 1.33 bits per heavy atom. The van der Waals surface area contributed by atoms with Gasteiger partial charge in [-0.1, -0.05) is 13.0 Å². The molecule has 21 heavy (non-hydrogen) atoms. The van der Waals surface area contributed by atoms with Crippen LogP contribution in [0.25, 0.3) is 0 Å². The zero-order valence-electron chi connectivity index (χ0n) is 12.1. The summed E-state index contributed by atoms with van der Waals surface area (Å²) in [5.74, 6) is -0.0871. The molecule has 0 aliphatic heterocycles. The molecular formula is C13H19F3N2O2S. The van der Waals surface area contributed by atoms with Gasteiger partial charge in [-0.25, -0.2) is 12.7 Å². The molecule has 0 aliphatic rings. The number of hydrogen-bond acceptors (Lipinski definition) is 3. The first-order valence-electron chi connectivity index (χ1n) is 6.35. The van der Waals surface area contributed by atoms with Crippen molar-refractivity contribution in [3.8, 4) is 0 Å². The minimum absolute atomic E-state index is 0.0871. The number of benzene rings is 1. The fraction of sp³-hybridized carbons (Fsp3) is 0.538. The monoisotopic (exact) mass is 324 g/mol. The number of sulfonamides is 1. The molecule has 0 spiro atoms. The first kappa shape index (κ1) is 17.9. The predicted octanol–water partition coefficient (Wildman–Crippen LogP) is 2.23. The van der Waals surface area contributed by atoms with Crippen molar-refractivity contribution in [1.29, 1.82) is 0 Å². The summed E-state index contributed by atoms with van der Waals surface area (Å²) in [5.41, 5.74) is 4.21. The first-order valence-corrected chi connectivity index (χ1v) is 7.79. The zero-order valence-corrected chi connectivity index (χ0v) is 12.9. The second-order valence-corrected chi connectivity index (χ2v) is 7.07. The summed E-state index contributed by atoms with van der Waals surface area (Å²) in [4.78, 5) is -0.330. The van der Waals surface area contributed by atoms with E-state index in [2.05, 4.69) is 0 Å². The standard InChI is InChI=1S/C13H19F3N2O2S/c1-9(7-17)8-18(3)21(19,20)12-6-4-5-11(10(12)2)13(14,15)16/h4-6,9H,7-8,17H2,1-3H3. The average molecular weight is 324 g/mol. The summed E-state index contributed by atoms with van der Waals surface area (Å²) in [5, 5.41) is 0. The van der Waals surface area contributed by atoms with Crippen molar-refractivity contribution in [2.45, 2.75) is 24.9 Å². The molecule has 0 radical (unpaired) electrons. The second kappa shape index (κ2) is 6.33. The van der Waals surface area contributed by atoms with Crippen LogP contribution in [0.15, 0.2) is 23.1 Å². The van der Waals surface area contributed by atoms with Gasteiger partial charge in [0.05, 0.1) is 10.5 Å². The van der Waals surface area contributed by atoms with E-state index in [0.717, 1.165) is 23.4 Å². The van der Waals surface area contributed by atoms with E-state index in [1.807, 2.05) is 0 Å². The van der Waals surface area contributed by atoms with E-state index in [0.29, 0.717) is 6.54 Å². The van der Waals surface area contributed by atoms with Crippen LogP contribution in [-0.2, 0) is 16.2 Å². The van der Waals surface area contributed by atoms with E-state index in [1.165, 1.54) is 13.1 Å². The van der Waals surface area contributed by atoms with Gasteiger partial charge in [0.2, 0.25) is 10.0 Å². The van der Waals surface area contributed by atoms with E-state index in [4.69, 9.17) is 5.73 Å². The highest BCUT2D eigenvalue weighted by Gasteiger charge is 2.35. The van der Waals surface area contributed by atoms with Crippen molar-refractivity contribution in [2.75, 3.05) is 20.1 Å². The van der Waals surface area contributed by atoms with Crippen LogP contribution in [0.4, 0.5) is 13.2 Å². The lowest BCUT2D eigenvalue weighted by Gasteiger charge is -2.22. The van der Waals surface area contributed by atoms with Crippen molar-refractivity contribution in [1.82, 2.24) is 4.31 Å². The van der Waals surface area contributed by atoms with Gasteiger partial charge in [-0.05, 0) is 37.1 Å². The average Bonchev–Trinajstić information content (AvgIpc) is 2.36. The van der Waals surface area contributed by atoms with Gasteiger partial charge in [-0.3, -0.25) is 0 Å². The number of nitrogens with zero attached hydrogens (tertiary/aromatic N) is 1. The maximum Gasteiger partial charge on any atom is 0.416 e. The molecule has 4 nitrogen and oxygen atoms in total. The van der Waals surface area contributed by atoms with Gasteiger partial charge in [0.15, 0.2) is 0 Å². The highest BCUT2D eigenvalue weighted by atomic mass is 32.2. The van der Waals surface area contributed by atoms with Crippen LogP contribution in [0.1, 0.15) is 18.1 Å². The molecule has 0 amide bonds. The molecule has 2 N–H and O–H groups in total. The summed E-state index contributed by atoms with van der Waals surface area (Å²) in [6.45, 7) is 3.37. The maximum absolute atomic E-state index is 12.9. The third-order valence-electron chi connectivity index (χ3n) is 3.25. The normalized spacial score (nSPS) is 14.5. The quantitative estimate of drug-likeness (QED) is 0.903. The van der Waals surface area contributed by atoms with Crippen molar-refractivity contribution in [3.63, 3.8) is 0 Å². The number of hydrogen-bond donors (Lipinski definition) is 1. The SMILES string of the molecule is Cc1c(C(F)(F)F)cccc1S(=O)(=O)N(C)CC(C)CN. The summed E-state index contributed by atoms with van der Waals surface area (Å²) >= 11 is 0. The Labute approximate surface area is 122 Å². The van der Waals surface area contributed by atoms with Crippen molar-refractivity contribution in [2.24, 2.45) is 11.7 Å². The van der Waals surface area contributed by atoms with Crippen LogP contribution in [0, 0.1) is 12.8 Å². The third kappa shape index (κ3) is 3.96. The highest BCUT2D eigenvalue weighted by Crippen LogP contribution is 2.34. The minimum atomic E-state index is -4.58. The Morgan fingerprint density at radius 2 is 1.90 bits per heavy atom. The van der Waals surface area contributed by atoms with Crippen LogP contribution < -0.4 is 5.73 Å². The van der Waals surface area contributed by atoms with Crippen molar-refractivity contribution in [3.05, 3.63) is 29.3 Å². The molecule has 8 heteroatoms. The van der Waals surface area contributed by atoms with E-state index < -0.39 is 21.8 Å². The van der Waals surface area contributed by atoms with E-state index in [9.17, 15) is 21.6 Å². The Morgan fingerprint density at radius 3 is 2.38 bits per heavy atom. The lowest BCUT2D eigenvalue weighted by Crippen LogP contribution is -2.34. The molecule has 0 saturated heterocycles. The van der Waals surface area contributed by atoms with Crippen LogP contribution >= 0.6 is 0 Å². The number of halogens is 3. The predicted molar refractivity (Wildman–Crippen MR) is 74.2 cm³/mol. The summed E-state index contributed by atoms with van der Waals surface area (Å²) in [6.07, 6.45) is -4.58. The van der Waals surface area contributed by atoms with Gasteiger partial charge in [0.25, 0.3) is 0 Å². The number of nitrogens with two attached hydrogens (primary N) is 1. The van der Waals surface area contributed by atoms with E-state index >= 15 is 0 Å². The van der Waals surface area contributed by atoms with E-state index in [-0.39, 0.29) is 22.9 Å². The molecule has 1 aromatic rings. The van der Waals surface area contributed by atoms with E-state index in [1.54, 1.807) is 6.92 Å². The van der Waals surface area contributed by atoms with Gasteiger partial charge in [0.1, 0.15) is 0 Å². The Balaban J connectivity index is 3.27. The van der Waals surface area contributed by atoms with Crippen LogP contribution in [0.5, 0.6) is 0 Å². The largest absolute Gasteiger partial charge is 0.416 e. The van der Waals surface area contributed by atoms with Crippen molar-refractivity contribution >= 4 is 10.0 Å². The molecule has 1 aromatic carbocycles. The summed E-state index contributed by atoms with van der Waals surface area (Å²) in [7, 11) is -2.65.